The number of benzene rings is 5. The lowest BCUT2D eigenvalue weighted by Crippen LogP contribution is -2.11. The fraction of sp³-hybridized carbons (Fsp3) is 0. The van der Waals surface area contributed by atoms with Crippen molar-refractivity contribution in [3.63, 3.8) is 0 Å². The minimum absolute atomic E-state index is 0.192. The fourth-order valence-corrected chi connectivity index (χ4v) is 4.17. The van der Waals surface area contributed by atoms with Crippen molar-refractivity contribution >= 4 is 22.3 Å². The van der Waals surface area contributed by atoms with Gasteiger partial charge in [0.25, 0.3) is 0 Å². The molecule has 158 valence electrons. The summed E-state index contributed by atoms with van der Waals surface area (Å²) in [4.78, 5) is 27.5. The molecule has 0 bridgehead atoms. The Balaban J connectivity index is 1.90. The standard InChI is InChI=1S/C30H19FO2/c31-24-17-16-23-18-26(29(32)21-12-6-2-7-13-21)27(20-10-4-1-5-11-20)28(25(23)19-24)30(33)22-14-8-3-9-15-22/h1-19H. The summed E-state index contributed by atoms with van der Waals surface area (Å²) in [6.45, 7) is 0. The number of ketones is 2. The van der Waals surface area contributed by atoms with Crippen LogP contribution in [0, 0.1) is 5.82 Å². The van der Waals surface area contributed by atoms with Crippen LogP contribution >= 0.6 is 0 Å². The Labute approximate surface area is 191 Å². The summed E-state index contributed by atoms with van der Waals surface area (Å²) in [7, 11) is 0. The fourth-order valence-electron chi connectivity index (χ4n) is 4.17. The summed E-state index contributed by atoms with van der Waals surface area (Å²) in [5.74, 6) is -0.888. The van der Waals surface area contributed by atoms with Crippen LogP contribution in [-0.4, -0.2) is 11.6 Å². The SMILES string of the molecule is O=C(c1ccccc1)c1cc2ccc(F)cc2c(C(=O)c2ccccc2)c1-c1ccccc1. The lowest BCUT2D eigenvalue weighted by Gasteiger charge is -2.18. The molecule has 33 heavy (non-hydrogen) atoms. The van der Waals surface area contributed by atoms with Gasteiger partial charge >= 0.3 is 0 Å². The van der Waals surface area contributed by atoms with Crippen molar-refractivity contribution in [2.24, 2.45) is 0 Å². The van der Waals surface area contributed by atoms with Crippen molar-refractivity contribution in [3.8, 4) is 11.1 Å². The third-order valence-electron chi connectivity index (χ3n) is 5.71. The van der Waals surface area contributed by atoms with Gasteiger partial charge in [-0.3, -0.25) is 9.59 Å². The van der Waals surface area contributed by atoms with Crippen LogP contribution in [0.15, 0.2) is 115 Å². The molecule has 0 N–H and O–H groups in total. The molecule has 0 radical (unpaired) electrons. The Bertz CT molecular complexity index is 1470. The van der Waals surface area contributed by atoms with Crippen molar-refractivity contribution < 1.29 is 14.0 Å². The summed E-state index contributed by atoms with van der Waals surface area (Å²) >= 11 is 0. The first-order valence-corrected chi connectivity index (χ1v) is 10.6. The van der Waals surface area contributed by atoms with Gasteiger partial charge in [0.15, 0.2) is 11.6 Å². The maximum Gasteiger partial charge on any atom is 0.194 e. The van der Waals surface area contributed by atoms with Crippen LogP contribution in [-0.2, 0) is 0 Å². The molecule has 5 rings (SSSR count). The highest BCUT2D eigenvalue weighted by atomic mass is 19.1. The molecule has 0 aromatic heterocycles. The van der Waals surface area contributed by atoms with Gasteiger partial charge < -0.3 is 0 Å². The molecule has 0 heterocycles. The number of carbonyl (C=O) groups is 2. The van der Waals surface area contributed by atoms with Gasteiger partial charge in [0, 0.05) is 27.8 Å². The first-order chi connectivity index (χ1) is 16.1. The van der Waals surface area contributed by atoms with Crippen molar-refractivity contribution in [1.82, 2.24) is 0 Å². The first-order valence-electron chi connectivity index (χ1n) is 10.6. The Kier molecular flexibility index (Phi) is 5.37. The lowest BCUT2D eigenvalue weighted by atomic mass is 9.83. The van der Waals surface area contributed by atoms with E-state index < -0.39 is 5.82 Å². The Hall–Kier alpha value is -4.37. The van der Waals surface area contributed by atoms with Crippen LogP contribution in [0.5, 0.6) is 0 Å². The smallest absolute Gasteiger partial charge is 0.194 e. The molecule has 0 atom stereocenters. The van der Waals surface area contributed by atoms with Crippen LogP contribution in [0.3, 0.4) is 0 Å². The van der Waals surface area contributed by atoms with E-state index in [9.17, 15) is 14.0 Å². The van der Waals surface area contributed by atoms with Gasteiger partial charge in [0.1, 0.15) is 5.82 Å². The number of hydrogen-bond donors (Lipinski definition) is 0. The maximum absolute atomic E-state index is 14.4. The highest BCUT2D eigenvalue weighted by molar-refractivity contribution is 6.25. The molecule has 0 aliphatic rings. The summed E-state index contributed by atoms with van der Waals surface area (Å²) in [5.41, 5.74) is 2.96. The van der Waals surface area contributed by atoms with Gasteiger partial charge in [-0.05, 0) is 34.5 Å². The summed E-state index contributed by atoms with van der Waals surface area (Å²) in [5, 5.41) is 1.11. The zero-order valence-corrected chi connectivity index (χ0v) is 17.7. The van der Waals surface area contributed by atoms with Crippen LogP contribution in [0.25, 0.3) is 21.9 Å². The van der Waals surface area contributed by atoms with E-state index in [1.807, 2.05) is 54.6 Å². The second-order valence-corrected chi connectivity index (χ2v) is 7.80. The van der Waals surface area contributed by atoms with E-state index in [0.29, 0.717) is 38.6 Å². The normalized spacial score (nSPS) is 10.8. The van der Waals surface area contributed by atoms with E-state index in [1.54, 1.807) is 48.5 Å². The van der Waals surface area contributed by atoms with E-state index in [0.717, 1.165) is 5.56 Å². The highest BCUT2D eigenvalue weighted by Crippen LogP contribution is 2.37. The maximum atomic E-state index is 14.4. The molecule has 2 nitrogen and oxygen atoms in total. The van der Waals surface area contributed by atoms with E-state index in [2.05, 4.69) is 0 Å². The minimum atomic E-state index is -0.439. The van der Waals surface area contributed by atoms with Gasteiger partial charge in [-0.25, -0.2) is 4.39 Å². The third kappa shape index (κ3) is 3.85. The van der Waals surface area contributed by atoms with Crippen LogP contribution in [0.2, 0.25) is 0 Å². The molecule has 0 spiro atoms. The Morgan fingerprint density at radius 1 is 0.576 bits per heavy atom. The summed E-state index contributed by atoms with van der Waals surface area (Å²) in [6, 6.07) is 33.3. The van der Waals surface area contributed by atoms with E-state index in [-0.39, 0.29) is 11.6 Å². The van der Waals surface area contributed by atoms with E-state index >= 15 is 0 Å². The number of rotatable bonds is 5. The number of carbonyl (C=O) groups excluding carboxylic acids is 2. The summed E-state index contributed by atoms with van der Waals surface area (Å²) < 4.78 is 14.4. The molecule has 0 aliphatic carbocycles. The van der Waals surface area contributed by atoms with Gasteiger partial charge in [0.05, 0.1) is 0 Å². The zero-order chi connectivity index (χ0) is 22.8. The van der Waals surface area contributed by atoms with Crippen molar-refractivity contribution in [2.75, 3.05) is 0 Å². The largest absolute Gasteiger partial charge is 0.289 e. The second-order valence-electron chi connectivity index (χ2n) is 7.80. The van der Waals surface area contributed by atoms with Gasteiger partial charge in [-0.2, -0.15) is 0 Å². The van der Waals surface area contributed by atoms with Gasteiger partial charge in [-0.1, -0.05) is 97.1 Å². The van der Waals surface area contributed by atoms with Gasteiger partial charge in [-0.15, -0.1) is 0 Å². The second kappa shape index (κ2) is 8.64. The number of hydrogen-bond acceptors (Lipinski definition) is 2. The van der Waals surface area contributed by atoms with Gasteiger partial charge in [0.2, 0.25) is 0 Å². The monoisotopic (exact) mass is 430 g/mol. The molecular weight excluding hydrogens is 411 g/mol. The Morgan fingerprint density at radius 3 is 1.73 bits per heavy atom. The molecule has 0 amide bonds. The average molecular weight is 430 g/mol. The topological polar surface area (TPSA) is 34.1 Å². The molecule has 0 saturated carbocycles. The molecule has 0 aliphatic heterocycles. The molecule has 5 aromatic rings. The zero-order valence-electron chi connectivity index (χ0n) is 17.7. The molecule has 0 fully saturated rings. The number of halogens is 1. The average Bonchev–Trinajstić information content (AvgIpc) is 2.88. The third-order valence-corrected chi connectivity index (χ3v) is 5.71. The van der Waals surface area contributed by atoms with Crippen LogP contribution < -0.4 is 0 Å². The first kappa shape index (κ1) is 20.5. The van der Waals surface area contributed by atoms with E-state index in [4.69, 9.17) is 0 Å². The molecule has 5 aromatic carbocycles. The molecule has 0 unspecified atom stereocenters. The predicted octanol–water partition coefficient (Wildman–Crippen LogP) is 7.11. The summed E-state index contributed by atoms with van der Waals surface area (Å²) in [6.07, 6.45) is 0. The Morgan fingerprint density at radius 2 is 1.12 bits per heavy atom. The molecule has 0 saturated heterocycles. The quantitative estimate of drug-likeness (QED) is 0.279. The predicted molar refractivity (Wildman–Crippen MR) is 129 cm³/mol. The van der Waals surface area contributed by atoms with Crippen molar-refractivity contribution in [3.05, 3.63) is 143 Å². The molecule has 3 heteroatoms. The highest BCUT2D eigenvalue weighted by Gasteiger charge is 2.25. The minimum Gasteiger partial charge on any atom is -0.289 e. The number of fused-ring (bicyclic) bond motifs is 1. The van der Waals surface area contributed by atoms with Crippen LogP contribution in [0.1, 0.15) is 31.8 Å². The van der Waals surface area contributed by atoms with E-state index in [1.165, 1.54) is 12.1 Å². The van der Waals surface area contributed by atoms with Crippen LogP contribution in [0.4, 0.5) is 4.39 Å². The van der Waals surface area contributed by atoms with Crippen molar-refractivity contribution in [1.29, 1.82) is 0 Å². The lowest BCUT2D eigenvalue weighted by molar-refractivity contribution is 0.103. The molecular formula is C30H19FO2. The van der Waals surface area contributed by atoms with Crippen molar-refractivity contribution in [2.45, 2.75) is 0 Å².